The van der Waals surface area contributed by atoms with E-state index in [0.29, 0.717) is 10.0 Å². The lowest BCUT2D eigenvalue weighted by atomic mass is 10.3. The highest BCUT2D eigenvalue weighted by Gasteiger charge is 2.07. The van der Waals surface area contributed by atoms with Crippen LogP contribution in [0.1, 0.15) is 5.56 Å². The number of hydrogen-bond acceptors (Lipinski definition) is 1. The van der Waals surface area contributed by atoms with E-state index in [1.807, 2.05) is 19.2 Å². The zero-order valence-electron chi connectivity index (χ0n) is 7.54. The van der Waals surface area contributed by atoms with Crippen LogP contribution in [0, 0.1) is 6.92 Å². The van der Waals surface area contributed by atoms with Crippen LogP contribution >= 0.6 is 23.2 Å². The molecule has 0 N–H and O–H groups in total. The van der Waals surface area contributed by atoms with Crippen molar-refractivity contribution in [3.8, 4) is 5.69 Å². The van der Waals surface area contributed by atoms with Crippen molar-refractivity contribution in [1.29, 1.82) is 0 Å². The van der Waals surface area contributed by atoms with Gasteiger partial charge >= 0.3 is 0 Å². The summed E-state index contributed by atoms with van der Waals surface area (Å²) in [5, 5.41) is 5.35. The number of halogens is 2. The Labute approximate surface area is 92.1 Å². The van der Waals surface area contributed by atoms with Gasteiger partial charge in [-0.3, -0.25) is 0 Å². The molecule has 2 rings (SSSR count). The second-order valence-electron chi connectivity index (χ2n) is 3.03. The smallest absolute Gasteiger partial charge is 0.102 e. The molecule has 0 aliphatic carbocycles. The van der Waals surface area contributed by atoms with Gasteiger partial charge in [-0.15, -0.1) is 0 Å². The summed E-state index contributed by atoms with van der Waals surface area (Å²) in [7, 11) is 0. The predicted octanol–water partition coefficient (Wildman–Crippen LogP) is 3.49. The number of rotatable bonds is 1. The van der Waals surface area contributed by atoms with Gasteiger partial charge < -0.3 is 0 Å². The van der Waals surface area contributed by atoms with Crippen molar-refractivity contribution >= 4 is 23.2 Å². The molecule has 0 saturated carbocycles. The number of benzene rings is 1. The van der Waals surface area contributed by atoms with E-state index in [4.69, 9.17) is 23.2 Å². The monoisotopic (exact) mass is 226 g/mol. The van der Waals surface area contributed by atoms with Gasteiger partial charge in [0.25, 0.3) is 0 Å². The van der Waals surface area contributed by atoms with Gasteiger partial charge in [0, 0.05) is 6.20 Å². The lowest BCUT2D eigenvalue weighted by Crippen LogP contribution is -1.96. The molecule has 0 fully saturated rings. The van der Waals surface area contributed by atoms with E-state index in [2.05, 4.69) is 5.10 Å². The number of hydrogen-bond donors (Lipinski definition) is 0. The van der Waals surface area contributed by atoms with Gasteiger partial charge in [0.05, 0.1) is 16.2 Å². The summed E-state index contributed by atoms with van der Waals surface area (Å²) in [4.78, 5) is 0. The Morgan fingerprint density at radius 2 is 1.86 bits per heavy atom. The first kappa shape index (κ1) is 9.56. The molecular formula is C10H8Cl2N2. The van der Waals surface area contributed by atoms with Gasteiger partial charge in [-0.1, -0.05) is 29.3 Å². The zero-order chi connectivity index (χ0) is 10.1. The topological polar surface area (TPSA) is 17.8 Å². The molecule has 0 radical (unpaired) electrons. The van der Waals surface area contributed by atoms with Crippen LogP contribution in [0.5, 0.6) is 0 Å². The Hall–Kier alpha value is -0.990. The normalized spacial score (nSPS) is 10.5. The largest absolute Gasteiger partial charge is 0.238 e. The van der Waals surface area contributed by atoms with Crippen molar-refractivity contribution in [1.82, 2.24) is 9.78 Å². The molecule has 1 heterocycles. The summed E-state index contributed by atoms with van der Waals surface area (Å²) in [6.45, 7) is 1.97. The van der Waals surface area contributed by atoms with E-state index in [0.717, 1.165) is 11.3 Å². The second-order valence-corrected chi connectivity index (χ2v) is 3.85. The fraction of sp³-hybridized carbons (Fsp3) is 0.100. The fourth-order valence-electron chi connectivity index (χ4n) is 1.24. The minimum absolute atomic E-state index is 0.598. The molecule has 2 nitrogen and oxygen atoms in total. The summed E-state index contributed by atoms with van der Waals surface area (Å²) in [6.07, 6.45) is 3.65. The lowest BCUT2D eigenvalue weighted by molar-refractivity contribution is 0.880. The van der Waals surface area contributed by atoms with E-state index >= 15 is 0 Å². The number of nitrogens with zero attached hydrogens (tertiary/aromatic N) is 2. The molecule has 0 aliphatic rings. The zero-order valence-corrected chi connectivity index (χ0v) is 9.05. The van der Waals surface area contributed by atoms with Crippen LogP contribution in [-0.4, -0.2) is 9.78 Å². The van der Waals surface area contributed by atoms with E-state index < -0.39 is 0 Å². The van der Waals surface area contributed by atoms with Crippen molar-refractivity contribution in [2.45, 2.75) is 6.92 Å². The molecule has 2 aromatic rings. The van der Waals surface area contributed by atoms with Gasteiger partial charge in [0.2, 0.25) is 0 Å². The molecule has 0 amide bonds. The standard InChI is InChI=1S/C10H8Cl2N2/c1-7-5-13-14(6-7)10-8(11)3-2-4-9(10)12/h2-6H,1H3. The molecular weight excluding hydrogens is 219 g/mol. The Morgan fingerprint density at radius 3 is 2.36 bits per heavy atom. The third kappa shape index (κ3) is 1.63. The highest BCUT2D eigenvalue weighted by molar-refractivity contribution is 6.37. The average molecular weight is 227 g/mol. The van der Waals surface area contributed by atoms with Gasteiger partial charge in [-0.05, 0) is 24.6 Å². The van der Waals surface area contributed by atoms with Crippen LogP contribution in [0.25, 0.3) is 5.69 Å². The Morgan fingerprint density at radius 1 is 1.21 bits per heavy atom. The highest BCUT2D eigenvalue weighted by atomic mass is 35.5. The molecule has 0 spiro atoms. The van der Waals surface area contributed by atoms with E-state index in [1.165, 1.54) is 0 Å². The molecule has 0 saturated heterocycles. The summed E-state index contributed by atoms with van der Waals surface area (Å²) in [6, 6.07) is 5.39. The molecule has 0 atom stereocenters. The van der Waals surface area contributed by atoms with E-state index in [1.54, 1.807) is 23.0 Å². The summed E-state index contributed by atoms with van der Waals surface area (Å²) >= 11 is 12.1. The summed E-state index contributed by atoms with van der Waals surface area (Å²) in [5.41, 5.74) is 1.80. The Kier molecular flexibility index (Phi) is 2.48. The van der Waals surface area contributed by atoms with Crippen molar-refractivity contribution in [2.75, 3.05) is 0 Å². The van der Waals surface area contributed by atoms with Gasteiger partial charge in [-0.25, -0.2) is 4.68 Å². The van der Waals surface area contributed by atoms with Gasteiger partial charge in [0.15, 0.2) is 0 Å². The number of para-hydroxylation sites is 1. The third-order valence-electron chi connectivity index (χ3n) is 1.88. The van der Waals surface area contributed by atoms with Crippen LogP contribution < -0.4 is 0 Å². The van der Waals surface area contributed by atoms with Crippen LogP contribution in [0.2, 0.25) is 10.0 Å². The molecule has 0 unspecified atom stereocenters. The van der Waals surface area contributed by atoms with Crippen LogP contribution in [0.15, 0.2) is 30.6 Å². The van der Waals surface area contributed by atoms with Crippen molar-refractivity contribution < 1.29 is 0 Å². The fourth-order valence-corrected chi connectivity index (χ4v) is 1.81. The minimum atomic E-state index is 0.598. The molecule has 0 aliphatic heterocycles. The quantitative estimate of drug-likeness (QED) is 0.729. The average Bonchev–Trinajstić information content (AvgIpc) is 2.51. The SMILES string of the molecule is Cc1cnn(-c2c(Cl)cccc2Cl)c1. The molecule has 4 heteroatoms. The van der Waals surface area contributed by atoms with E-state index in [9.17, 15) is 0 Å². The van der Waals surface area contributed by atoms with E-state index in [-0.39, 0.29) is 0 Å². The van der Waals surface area contributed by atoms with Crippen molar-refractivity contribution in [3.63, 3.8) is 0 Å². The maximum atomic E-state index is 6.03. The minimum Gasteiger partial charge on any atom is -0.238 e. The lowest BCUT2D eigenvalue weighted by Gasteiger charge is -2.05. The van der Waals surface area contributed by atoms with Crippen molar-refractivity contribution in [2.24, 2.45) is 0 Å². The number of aryl methyl sites for hydroxylation is 1. The molecule has 72 valence electrons. The number of aromatic nitrogens is 2. The second kappa shape index (κ2) is 3.64. The molecule has 0 bridgehead atoms. The summed E-state index contributed by atoms with van der Waals surface area (Å²) < 4.78 is 1.68. The molecule has 1 aromatic carbocycles. The third-order valence-corrected chi connectivity index (χ3v) is 2.49. The Balaban J connectivity index is 2.61. The summed E-state index contributed by atoms with van der Waals surface area (Å²) in [5.74, 6) is 0. The first-order valence-electron chi connectivity index (χ1n) is 4.14. The van der Waals surface area contributed by atoms with Crippen molar-refractivity contribution in [3.05, 3.63) is 46.2 Å². The van der Waals surface area contributed by atoms with Crippen LogP contribution in [0.3, 0.4) is 0 Å². The van der Waals surface area contributed by atoms with Gasteiger partial charge in [-0.2, -0.15) is 5.10 Å². The van der Waals surface area contributed by atoms with Crippen LogP contribution in [0.4, 0.5) is 0 Å². The molecule has 1 aromatic heterocycles. The maximum Gasteiger partial charge on any atom is 0.102 e. The highest BCUT2D eigenvalue weighted by Crippen LogP contribution is 2.27. The molecule has 14 heavy (non-hydrogen) atoms. The predicted molar refractivity (Wildman–Crippen MR) is 58.3 cm³/mol. The first-order valence-corrected chi connectivity index (χ1v) is 4.90. The van der Waals surface area contributed by atoms with Crippen LogP contribution in [-0.2, 0) is 0 Å². The Bertz CT molecular complexity index is 443. The van der Waals surface area contributed by atoms with Gasteiger partial charge in [0.1, 0.15) is 5.69 Å². The maximum absolute atomic E-state index is 6.03. The first-order chi connectivity index (χ1) is 6.68.